The van der Waals surface area contributed by atoms with Gasteiger partial charge in [-0.25, -0.2) is 4.98 Å². The first-order chi connectivity index (χ1) is 5.33. The Kier molecular flexibility index (Phi) is 3.32. The Morgan fingerprint density at radius 2 is 2.55 bits per heavy atom. The quantitative estimate of drug-likeness (QED) is 0.702. The van der Waals surface area contributed by atoms with E-state index in [9.17, 15) is 0 Å². The second-order valence-electron chi connectivity index (χ2n) is 2.22. The van der Waals surface area contributed by atoms with Crippen LogP contribution in [0.25, 0.3) is 0 Å². The molecule has 0 aliphatic rings. The maximum absolute atomic E-state index is 5.43. The number of thiazole rings is 1. The summed E-state index contributed by atoms with van der Waals surface area (Å²) in [4.78, 5) is 5.01. The fourth-order valence-corrected chi connectivity index (χ4v) is 1.33. The first-order valence-electron chi connectivity index (χ1n) is 3.61. The highest BCUT2D eigenvalue weighted by atomic mass is 32.1. The molecule has 0 aliphatic carbocycles. The van der Waals surface area contributed by atoms with Gasteiger partial charge in [-0.2, -0.15) is 0 Å². The lowest BCUT2D eigenvalue weighted by Gasteiger charge is -1.96. The van der Waals surface area contributed by atoms with Crippen molar-refractivity contribution in [1.29, 1.82) is 0 Å². The van der Waals surface area contributed by atoms with Crippen molar-refractivity contribution in [1.82, 2.24) is 4.98 Å². The second kappa shape index (κ2) is 4.31. The smallest absolute Gasteiger partial charge is 0.180 e. The summed E-state index contributed by atoms with van der Waals surface area (Å²) >= 11 is 1.48. The van der Waals surface area contributed by atoms with Gasteiger partial charge in [-0.05, 0) is 6.42 Å². The summed E-state index contributed by atoms with van der Waals surface area (Å²) in [6.45, 7) is 3.53. The molecule has 3 nitrogen and oxygen atoms in total. The summed E-state index contributed by atoms with van der Waals surface area (Å²) in [6.07, 6.45) is 2.81. The summed E-state index contributed by atoms with van der Waals surface area (Å²) in [5, 5.41) is 0.611. The minimum atomic E-state index is 0.611. The van der Waals surface area contributed by atoms with E-state index in [0.29, 0.717) is 11.7 Å². The van der Waals surface area contributed by atoms with Crippen LogP contribution in [0.2, 0.25) is 0 Å². The van der Waals surface area contributed by atoms with Gasteiger partial charge in [-0.15, -0.1) is 0 Å². The number of ether oxygens (including phenoxy) is 1. The number of nitrogen functional groups attached to an aromatic ring is 1. The topological polar surface area (TPSA) is 48.1 Å². The van der Waals surface area contributed by atoms with Crippen LogP contribution in [0, 0.1) is 0 Å². The number of anilines is 1. The van der Waals surface area contributed by atoms with Crippen LogP contribution < -0.4 is 5.73 Å². The molecule has 0 aliphatic heterocycles. The van der Waals surface area contributed by atoms with E-state index in [4.69, 9.17) is 10.5 Å². The van der Waals surface area contributed by atoms with Crippen molar-refractivity contribution in [2.75, 3.05) is 12.3 Å². The van der Waals surface area contributed by atoms with Crippen LogP contribution in [0.3, 0.4) is 0 Å². The van der Waals surface area contributed by atoms with Gasteiger partial charge in [-0.3, -0.25) is 0 Å². The standard InChI is InChI=1S/C7H12N2OS/c1-2-3-10-5-6-4-9-7(8)11-6/h4H,2-3,5H2,1H3,(H2,8,9). The van der Waals surface area contributed by atoms with Gasteiger partial charge in [0.1, 0.15) is 0 Å². The van der Waals surface area contributed by atoms with Crippen LogP contribution in [0.1, 0.15) is 18.2 Å². The first-order valence-corrected chi connectivity index (χ1v) is 4.42. The van der Waals surface area contributed by atoms with Crippen molar-refractivity contribution in [3.63, 3.8) is 0 Å². The van der Waals surface area contributed by atoms with Crippen LogP contribution in [-0.2, 0) is 11.3 Å². The third-order valence-electron chi connectivity index (χ3n) is 1.16. The molecule has 1 heterocycles. The molecule has 0 saturated heterocycles. The Balaban J connectivity index is 2.27. The Bertz CT molecular complexity index is 212. The molecule has 0 fully saturated rings. The van der Waals surface area contributed by atoms with Crippen molar-refractivity contribution >= 4 is 16.5 Å². The summed E-state index contributed by atoms with van der Waals surface area (Å²) < 4.78 is 5.30. The summed E-state index contributed by atoms with van der Waals surface area (Å²) in [7, 11) is 0. The predicted octanol–water partition coefficient (Wildman–Crippen LogP) is 1.65. The number of hydrogen-bond donors (Lipinski definition) is 1. The van der Waals surface area contributed by atoms with E-state index in [1.54, 1.807) is 6.20 Å². The molecule has 4 heteroatoms. The van der Waals surface area contributed by atoms with Crippen molar-refractivity contribution in [2.24, 2.45) is 0 Å². The van der Waals surface area contributed by atoms with Gasteiger partial charge in [0.15, 0.2) is 5.13 Å². The molecule has 0 bridgehead atoms. The molecular weight excluding hydrogens is 160 g/mol. The maximum Gasteiger partial charge on any atom is 0.180 e. The largest absolute Gasteiger partial charge is 0.376 e. The Morgan fingerprint density at radius 1 is 1.73 bits per heavy atom. The molecule has 0 atom stereocenters. The SMILES string of the molecule is CCCOCc1cnc(N)s1. The Labute approximate surface area is 70.2 Å². The maximum atomic E-state index is 5.43. The highest BCUT2D eigenvalue weighted by Gasteiger charge is 1.96. The number of rotatable bonds is 4. The number of aromatic nitrogens is 1. The average molecular weight is 172 g/mol. The Hall–Kier alpha value is -0.610. The van der Waals surface area contributed by atoms with E-state index in [2.05, 4.69) is 11.9 Å². The van der Waals surface area contributed by atoms with Crippen molar-refractivity contribution < 1.29 is 4.74 Å². The lowest BCUT2D eigenvalue weighted by atomic mass is 10.5. The molecule has 1 aromatic rings. The molecule has 0 saturated carbocycles. The highest BCUT2D eigenvalue weighted by Crippen LogP contribution is 2.14. The summed E-state index contributed by atoms with van der Waals surface area (Å²) in [6, 6.07) is 0. The molecule has 11 heavy (non-hydrogen) atoms. The minimum Gasteiger partial charge on any atom is -0.376 e. The fraction of sp³-hybridized carbons (Fsp3) is 0.571. The monoisotopic (exact) mass is 172 g/mol. The van der Waals surface area contributed by atoms with Gasteiger partial charge >= 0.3 is 0 Å². The van der Waals surface area contributed by atoms with Gasteiger partial charge in [0.2, 0.25) is 0 Å². The second-order valence-corrected chi connectivity index (χ2v) is 3.36. The molecule has 1 rings (SSSR count). The molecule has 0 unspecified atom stereocenters. The number of nitrogens with zero attached hydrogens (tertiary/aromatic N) is 1. The molecule has 0 spiro atoms. The number of nitrogens with two attached hydrogens (primary N) is 1. The fourth-order valence-electron chi connectivity index (χ4n) is 0.706. The van der Waals surface area contributed by atoms with Crippen molar-refractivity contribution in [2.45, 2.75) is 20.0 Å². The van der Waals surface area contributed by atoms with Crippen molar-refractivity contribution in [3.8, 4) is 0 Å². The van der Waals surface area contributed by atoms with Gasteiger partial charge in [-0.1, -0.05) is 18.3 Å². The molecular formula is C7H12N2OS. The molecule has 1 aromatic heterocycles. The lowest BCUT2D eigenvalue weighted by Crippen LogP contribution is -1.90. The van der Waals surface area contributed by atoms with E-state index in [1.807, 2.05) is 0 Å². The van der Waals surface area contributed by atoms with E-state index in [1.165, 1.54) is 11.3 Å². The predicted molar refractivity (Wildman–Crippen MR) is 46.5 cm³/mol. The zero-order chi connectivity index (χ0) is 8.10. The van der Waals surface area contributed by atoms with Crippen LogP contribution in [-0.4, -0.2) is 11.6 Å². The van der Waals surface area contributed by atoms with Crippen LogP contribution in [0.15, 0.2) is 6.20 Å². The van der Waals surface area contributed by atoms with E-state index in [-0.39, 0.29) is 0 Å². The Morgan fingerprint density at radius 3 is 3.09 bits per heavy atom. The highest BCUT2D eigenvalue weighted by molar-refractivity contribution is 7.15. The van der Waals surface area contributed by atoms with E-state index >= 15 is 0 Å². The lowest BCUT2D eigenvalue weighted by molar-refractivity contribution is 0.123. The minimum absolute atomic E-state index is 0.611. The van der Waals surface area contributed by atoms with Gasteiger partial charge in [0.05, 0.1) is 11.5 Å². The van der Waals surface area contributed by atoms with Gasteiger partial charge in [0.25, 0.3) is 0 Å². The third kappa shape index (κ3) is 2.86. The van der Waals surface area contributed by atoms with Crippen LogP contribution >= 0.6 is 11.3 Å². The van der Waals surface area contributed by atoms with E-state index < -0.39 is 0 Å². The van der Waals surface area contributed by atoms with Crippen molar-refractivity contribution in [3.05, 3.63) is 11.1 Å². The van der Waals surface area contributed by atoms with E-state index in [0.717, 1.165) is 17.9 Å². The zero-order valence-electron chi connectivity index (χ0n) is 6.54. The zero-order valence-corrected chi connectivity index (χ0v) is 7.36. The molecule has 0 radical (unpaired) electrons. The summed E-state index contributed by atoms with van der Waals surface area (Å²) in [5.41, 5.74) is 5.43. The molecule has 62 valence electrons. The summed E-state index contributed by atoms with van der Waals surface area (Å²) in [5.74, 6) is 0. The van der Waals surface area contributed by atoms with Gasteiger partial charge < -0.3 is 10.5 Å². The number of hydrogen-bond acceptors (Lipinski definition) is 4. The molecule has 0 amide bonds. The normalized spacial score (nSPS) is 10.3. The third-order valence-corrected chi connectivity index (χ3v) is 1.96. The molecule has 2 N–H and O–H groups in total. The van der Waals surface area contributed by atoms with Gasteiger partial charge in [0, 0.05) is 12.8 Å². The average Bonchev–Trinajstić information content (AvgIpc) is 2.37. The molecule has 0 aromatic carbocycles. The van der Waals surface area contributed by atoms with Crippen LogP contribution in [0.4, 0.5) is 5.13 Å². The van der Waals surface area contributed by atoms with Crippen LogP contribution in [0.5, 0.6) is 0 Å². The first kappa shape index (κ1) is 8.49.